The summed E-state index contributed by atoms with van der Waals surface area (Å²) in [5.41, 5.74) is 1.98. The standard InChI is InChI=1S/C20H19ClN2O2S/c1-12(2)11-22-19-17(15-5-3-4-6-16(15)26-19)18(24)23(20(22)25)14-9-7-13(21)8-10-14/h7-10H,1,3-6,11H2,2H3. The summed E-state index contributed by atoms with van der Waals surface area (Å²) in [6.45, 7) is 6.25. The SMILES string of the molecule is C=C(C)Cn1c(=O)n(-c2ccc(Cl)cc2)c(=O)c2c3c(sc21)CCCC3. The summed E-state index contributed by atoms with van der Waals surface area (Å²) in [6.07, 6.45) is 4.10. The van der Waals surface area contributed by atoms with E-state index in [2.05, 4.69) is 6.58 Å². The van der Waals surface area contributed by atoms with Gasteiger partial charge in [0.15, 0.2) is 0 Å². The van der Waals surface area contributed by atoms with E-state index < -0.39 is 0 Å². The number of benzene rings is 1. The Bertz CT molecular complexity index is 1140. The summed E-state index contributed by atoms with van der Waals surface area (Å²) in [6, 6.07) is 6.81. The van der Waals surface area contributed by atoms with Gasteiger partial charge in [0.25, 0.3) is 5.56 Å². The second kappa shape index (κ2) is 6.56. The fourth-order valence-electron chi connectivity index (χ4n) is 3.60. The molecule has 2 heterocycles. The summed E-state index contributed by atoms with van der Waals surface area (Å²) < 4.78 is 2.96. The zero-order valence-electron chi connectivity index (χ0n) is 14.5. The number of hydrogen-bond acceptors (Lipinski definition) is 3. The summed E-state index contributed by atoms with van der Waals surface area (Å²) in [4.78, 5) is 28.5. The predicted octanol–water partition coefficient (Wildman–Crippen LogP) is 4.32. The number of aryl methyl sites for hydroxylation is 2. The van der Waals surface area contributed by atoms with Crippen LogP contribution in [0.25, 0.3) is 15.9 Å². The largest absolute Gasteiger partial charge is 0.337 e. The molecule has 134 valence electrons. The average Bonchev–Trinajstić information content (AvgIpc) is 3.00. The molecule has 3 aromatic rings. The highest BCUT2D eigenvalue weighted by Crippen LogP contribution is 2.34. The van der Waals surface area contributed by atoms with E-state index >= 15 is 0 Å². The molecular weight excluding hydrogens is 368 g/mol. The third-order valence-corrected chi connectivity index (χ3v) is 6.32. The minimum atomic E-state index is -0.327. The number of rotatable bonds is 3. The van der Waals surface area contributed by atoms with Crippen LogP contribution in [0.5, 0.6) is 0 Å². The molecule has 1 aromatic carbocycles. The van der Waals surface area contributed by atoms with Gasteiger partial charge < -0.3 is 0 Å². The van der Waals surface area contributed by atoms with E-state index in [1.165, 1.54) is 9.44 Å². The third-order valence-electron chi connectivity index (χ3n) is 4.75. The number of allylic oxidation sites excluding steroid dienone is 1. The molecule has 0 spiro atoms. The third kappa shape index (κ3) is 2.75. The van der Waals surface area contributed by atoms with Crippen molar-refractivity contribution in [3.63, 3.8) is 0 Å². The molecule has 26 heavy (non-hydrogen) atoms. The van der Waals surface area contributed by atoms with Crippen molar-refractivity contribution in [2.75, 3.05) is 0 Å². The van der Waals surface area contributed by atoms with Crippen LogP contribution in [-0.2, 0) is 19.4 Å². The fraction of sp³-hybridized carbons (Fsp3) is 0.300. The molecule has 0 N–H and O–H groups in total. The van der Waals surface area contributed by atoms with Crippen molar-refractivity contribution in [2.24, 2.45) is 0 Å². The maximum absolute atomic E-state index is 13.3. The Morgan fingerprint density at radius 2 is 1.88 bits per heavy atom. The zero-order valence-corrected chi connectivity index (χ0v) is 16.1. The Morgan fingerprint density at radius 3 is 2.58 bits per heavy atom. The smallest absolute Gasteiger partial charge is 0.280 e. The number of halogens is 1. The maximum Gasteiger partial charge on any atom is 0.337 e. The second-order valence-electron chi connectivity index (χ2n) is 6.83. The first-order chi connectivity index (χ1) is 12.5. The first-order valence-corrected chi connectivity index (χ1v) is 9.87. The van der Waals surface area contributed by atoms with Crippen LogP contribution in [-0.4, -0.2) is 9.13 Å². The number of thiophene rings is 1. The summed E-state index contributed by atoms with van der Waals surface area (Å²) in [5, 5.41) is 1.26. The quantitative estimate of drug-likeness (QED) is 0.629. The Hall–Kier alpha value is -2.11. The van der Waals surface area contributed by atoms with E-state index in [9.17, 15) is 9.59 Å². The first kappa shape index (κ1) is 17.3. The van der Waals surface area contributed by atoms with Crippen molar-refractivity contribution in [2.45, 2.75) is 39.2 Å². The van der Waals surface area contributed by atoms with Crippen LogP contribution in [0, 0.1) is 0 Å². The topological polar surface area (TPSA) is 44.0 Å². The van der Waals surface area contributed by atoms with Crippen molar-refractivity contribution >= 4 is 33.2 Å². The number of hydrogen-bond donors (Lipinski definition) is 0. The van der Waals surface area contributed by atoms with Gasteiger partial charge in [-0.05, 0) is 62.4 Å². The average molecular weight is 387 g/mol. The lowest BCUT2D eigenvalue weighted by Crippen LogP contribution is -2.39. The van der Waals surface area contributed by atoms with E-state index in [-0.39, 0.29) is 11.2 Å². The highest BCUT2D eigenvalue weighted by Gasteiger charge is 2.24. The molecule has 0 bridgehead atoms. The first-order valence-electron chi connectivity index (χ1n) is 8.68. The van der Waals surface area contributed by atoms with Crippen LogP contribution in [0.1, 0.15) is 30.2 Å². The van der Waals surface area contributed by atoms with Crippen LogP contribution in [0.15, 0.2) is 46.0 Å². The van der Waals surface area contributed by atoms with Crippen molar-refractivity contribution in [3.05, 3.63) is 72.7 Å². The molecule has 4 nitrogen and oxygen atoms in total. The molecule has 1 aliphatic carbocycles. The molecule has 2 aromatic heterocycles. The lowest BCUT2D eigenvalue weighted by molar-refractivity contribution is 0.694. The minimum absolute atomic E-state index is 0.232. The highest BCUT2D eigenvalue weighted by molar-refractivity contribution is 7.18. The van der Waals surface area contributed by atoms with Gasteiger partial charge in [-0.15, -0.1) is 11.3 Å². The number of nitrogens with zero attached hydrogens (tertiary/aromatic N) is 2. The van der Waals surface area contributed by atoms with Crippen LogP contribution in [0.4, 0.5) is 0 Å². The van der Waals surface area contributed by atoms with E-state index in [0.29, 0.717) is 22.6 Å². The van der Waals surface area contributed by atoms with Crippen LogP contribution in [0.3, 0.4) is 0 Å². The number of aromatic nitrogens is 2. The van der Waals surface area contributed by atoms with Crippen LogP contribution >= 0.6 is 22.9 Å². The molecule has 0 atom stereocenters. The normalized spacial score (nSPS) is 13.8. The predicted molar refractivity (Wildman–Crippen MR) is 108 cm³/mol. The van der Waals surface area contributed by atoms with E-state index in [4.69, 9.17) is 11.6 Å². The lowest BCUT2D eigenvalue weighted by Gasteiger charge is -2.13. The molecule has 0 saturated carbocycles. The van der Waals surface area contributed by atoms with E-state index in [1.54, 1.807) is 40.2 Å². The molecule has 0 amide bonds. The van der Waals surface area contributed by atoms with Gasteiger partial charge >= 0.3 is 5.69 Å². The summed E-state index contributed by atoms with van der Waals surface area (Å²) >= 11 is 7.56. The second-order valence-corrected chi connectivity index (χ2v) is 8.35. The zero-order chi connectivity index (χ0) is 18.4. The molecule has 0 radical (unpaired) electrons. The fourth-order valence-corrected chi connectivity index (χ4v) is 5.09. The maximum atomic E-state index is 13.3. The van der Waals surface area contributed by atoms with Crippen molar-refractivity contribution in [3.8, 4) is 5.69 Å². The Balaban J connectivity index is 2.12. The molecular formula is C20H19ClN2O2S. The molecule has 6 heteroatoms. The molecule has 0 fully saturated rings. The Morgan fingerprint density at radius 1 is 1.19 bits per heavy atom. The van der Waals surface area contributed by atoms with Gasteiger partial charge in [0.1, 0.15) is 4.83 Å². The van der Waals surface area contributed by atoms with E-state index in [1.807, 2.05) is 6.92 Å². The molecule has 1 aliphatic rings. The van der Waals surface area contributed by atoms with Crippen LogP contribution in [0.2, 0.25) is 5.02 Å². The monoisotopic (exact) mass is 386 g/mol. The van der Waals surface area contributed by atoms with Gasteiger partial charge in [0.2, 0.25) is 0 Å². The molecule has 0 saturated heterocycles. The minimum Gasteiger partial charge on any atom is -0.280 e. The molecule has 0 unspecified atom stereocenters. The van der Waals surface area contributed by atoms with Gasteiger partial charge in [0, 0.05) is 16.4 Å². The van der Waals surface area contributed by atoms with Gasteiger partial charge in [-0.25, -0.2) is 9.36 Å². The summed E-state index contributed by atoms with van der Waals surface area (Å²) in [7, 11) is 0. The van der Waals surface area contributed by atoms with Gasteiger partial charge in [0.05, 0.1) is 11.1 Å². The number of fused-ring (bicyclic) bond motifs is 3. The van der Waals surface area contributed by atoms with Crippen molar-refractivity contribution < 1.29 is 0 Å². The van der Waals surface area contributed by atoms with Gasteiger partial charge in [-0.3, -0.25) is 9.36 Å². The van der Waals surface area contributed by atoms with Crippen molar-refractivity contribution in [1.82, 2.24) is 9.13 Å². The summed E-state index contributed by atoms with van der Waals surface area (Å²) in [5.74, 6) is 0. The lowest BCUT2D eigenvalue weighted by atomic mass is 9.97. The van der Waals surface area contributed by atoms with E-state index in [0.717, 1.165) is 41.7 Å². The Labute approximate surface area is 160 Å². The Kier molecular flexibility index (Phi) is 4.37. The molecule has 4 rings (SSSR count). The van der Waals surface area contributed by atoms with Gasteiger partial charge in [-0.2, -0.15) is 0 Å². The van der Waals surface area contributed by atoms with Gasteiger partial charge in [-0.1, -0.05) is 23.8 Å². The van der Waals surface area contributed by atoms with Crippen LogP contribution < -0.4 is 11.2 Å². The van der Waals surface area contributed by atoms with Crippen molar-refractivity contribution in [1.29, 1.82) is 0 Å². The molecule has 0 aliphatic heterocycles. The highest BCUT2D eigenvalue weighted by atomic mass is 35.5.